The maximum atomic E-state index is 13.4. The number of amides is 1. The second kappa shape index (κ2) is 10.9. The Morgan fingerprint density at radius 2 is 1.82 bits per heavy atom. The van der Waals surface area contributed by atoms with E-state index in [0.717, 1.165) is 30.0 Å². The number of hydrogen-bond donors (Lipinski definition) is 4. The van der Waals surface area contributed by atoms with E-state index >= 15 is 0 Å². The molecule has 1 aliphatic heterocycles. The van der Waals surface area contributed by atoms with Crippen LogP contribution in [0.4, 0.5) is 18.9 Å². The summed E-state index contributed by atoms with van der Waals surface area (Å²) < 4.78 is 51.9. The molecule has 39 heavy (non-hydrogen) atoms. The SMILES string of the molecule is CC(=O)N(c1cc(Cl)c2nc(C)cc(C)c2c1Oc1cccc(C(F)(F)F)c1)[C@@H]1O[C@H](CO)[C@H](O)[C@H](O)[C@H]1O. The van der Waals surface area contributed by atoms with Gasteiger partial charge in [0.1, 0.15) is 30.2 Å². The number of aryl methyl sites for hydroxylation is 2. The van der Waals surface area contributed by atoms with Crippen molar-refractivity contribution in [2.45, 2.75) is 57.6 Å². The van der Waals surface area contributed by atoms with Crippen LogP contribution in [0.2, 0.25) is 5.02 Å². The Hall–Kier alpha value is -3.00. The van der Waals surface area contributed by atoms with Gasteiger partial charge in [0.25, 0.3) is 0 Å². The zero-order chi connectivity index (χ0) is 28.8. The number of alkyl halides is 3. The van der Waals surface area contributed by atoms with E-state index in [1.54, 1.807) is 19.9 Å². The minimum absolute atomic E-state index is 0.0547. The second-order valence-electron chi connectivity index (χ2n) is 9.25. The number of aliphatic hydroxyl groups excluding tert-OH is 4. The number of anilines is 1. The Bertz CT molecular complexity index is 1400. The van der Waals surface area contributed by atoms with Crippen molar-refractivity contribution < 1.29 is 47.9 Å². The van der Waals surface area contributed by atoms with Crippen molar-refractivity contribution in [2.75, 3.05) is 11.5 Å². The van der Waals surface area contributed by atoms with Crippen molar-refractivity contribution in [3.05, 3.63) is 58.2 Å². The molecule has 0 spiro atoms. The molecule has 0 aliphatic carbocycles. The summed E-state index contributed by atoms with van der Waals surface area (Å²) in [6.07, 6.45) is -13.0. The van der Waals surface area contributed by atoms with Gasteiger partial charge in [0.15, 0.2) is 12.0 Å². The molecule has 0 radical (unpaired) electrons. The maximum Gasteiger partial charge on any atom is 0.416 e. The van der Waals surface area contributed by atoms with Gasteiger partial charge in [-0.2, -0.15) is 13.2 Å². The summed E-state index contributed by atoms with van der Waals surface area (Å²) >= 11 is 6.56. The molecule has 210 valence electrons. The minimum Gasteiger partial charge on any atom is -0.454 e. The lowest BCUT2D eigenvalue weighted by atomic mass is 9.97. The van der Waals surface area contributed by atoms with Crippen LogP contribution in [0.3, 0.4) is 0 Å². The molecule has 1 aliphatic rings. The van der Waals surface area contributed by atoms with Gasteiger partial charge in [-0.05, 0) is 49.7 Å². The molecule has 4 rings (SSSR count). The molecule has 5 atom stereocenters. The first-order chi connectivity index (χ1) is 18.2. The highest BCUT2D eigenvalue weighted by atomic mass is 35.5. The molecule has 1 fully saturated rings. The van der Waals surface area contributed by atoms with Crippen molar-refractivity contribution in [3.63, 3.8) is 0 Å². The molecule has 1 aromatic heterocycles. The van der Waals surface area contributed by atoms with E-state index in [9.17, 15) is 38.4 Å². The van der Waals surface area contributed by atoms with Gasteiger partial charge in [0.05, 0.1) is 28.4 Å². The van der Waals surface area contributed by atoms with Crippen LogP contribution in [0.1, 0.15) is 23.7 Å². The fourth-order valence-electron chi connectivity index (χ4n) is 4.60. The lowest BCUT2D eigenvalue weighted by Crippen LogP contribution is -2.64. The van der Waals surface area contributed by atoms with Crippen LogP contribution in [0, 0.1) is 13.8 Å². The van der Waals surface area contributed by atoms with Crippen molar-refractivity contribution in [1.29, 1.82) is 0 Å². The van der Waals surface area contributed by atoms with Gasteiger partial charge < -0.3 is 29.9 Å². The summed E-state index contributed by atoms with van der Waals surface area (Å²) in [5.41, 5.74) is 0.327. The normalized spacial score (nSPS) is 23.6. The number of ether oxygens (including phenoxy) is 2. The van der Waals surface area contributed by atoms with Crippen molar-refractivity contribution >= 4 is 34.1 Å². The van der Waals surface area contributed by atoms with Gasteiger partial charge in [-0.3, -0.25) is 14.7 Å². The van der Waals surface area contributed by atoms with E-state index in [2.05, 4.69) is 4.98 Å². The summed E-state index contributed by atoms with van der Waals surface area (Å²) in [7, 11) is 0. The molecular weight excluding hydrogens is 545 g/mol. The van der Waals surface area contributed by atoms with Crippen LogP contribution in [0.15, 0.2) is 36.4 Å². The molecule has 0 bridgehead atoms. The molecule has 1 amide bonds. The van der Waals surface area contributed by atoms with Gasteiger partial charge in [-0.1, -0.05) is 17.7 Å². The fourth-order valence-corrected chi connectivity index (χ4v) is 4.84. The van der Waals surface area contributed by atoms with Crippen LogP contribution in [0.25, 0.3) is 10.9 Å². The van der Waals surface area contributed by atoms with E-state index in [1.165, 1.54) is 12.1 Å². The highest BCUT2D eigenvalue weighted by molar-refractivity contribution is 6.36. The van der Waals surface area contributed by atoms with Gasteiger partial charge >= 0.3 is 6.18 Å². The average Bonchev–Trinajstić information content (AvgIpc) is 2.85. The number of pyridine rings is 1. The van der Waals surface area contributed by atoms with Gasteiger partial charge in [0, 0.05) is 18.0 Å². The monoisotopic (exact) mass is 570 g/mol. The predicted octanol–water partition coefficient (Wildman–Crippen LogP) is 3.47. The molecule has 13 heteroatoms. The smallest absolute Gasteiger partial charge is 0.416 e. The average molecular weight is 571 g/mol. The highest BCUT2D eigenvalue weighted by Crippen LogP contribution is 2.46. The van der Waals surface area contributed by atoms with Gasteiger partial charge in [-0.25, -0.2) is 0 Å². The third kappa shape index (κ3) is 5.53. The number of halogens is 4. The number of fused-ring (bicyclic) bond motifs is 1. The first kappa shape index (κ1) is 29.0. The Morgan fingerprint density at radius 1 is 1.13 bits per heavy atom. The Kier molecular flexibility index (Phi) is 8.08. The van der Waals surface area contributed by atoms with Crippen LogP contribution >= 0.6 is 11.6 Å². The Labute approximate surface area is 226 Å². The maximum absolute atomic E-state index is 13.4. The summed E-state index contributed by atoms with van der Waals surface area (Å²) in [6.45, 7) is 3.79. The number of nitrogens with zero attached hydrogens (tertiary/aromatic N) is 2. The van der Waals surface area contributed by atoms with Crippen LogP contribution < -0.4 is 9.64 Å². The van der Waals surface area contributed by atoms with Crippen molar-refractivity contribution in [3.8, 4) is 11.5 Å². The summed E-state index contributed by atoms with van der Waals surface area (Å²) in [5.74, 6) is -1.07. The van der Waals surface area contributed by atoms with E-state index in [4.69, 9.17) is 21.1 Å². The zero-order valence-corrected chi connectivity index (χ0v) is 21.7. The number of carbonyl (C=O) groups excluding carboxylic acids is 1. The highest BCUT2D eigenvalue weighted by Gasteiger charge is 2.47. The van der Waals surface area contributed by atoms with E-state index in [1.807, 2.05) is 0 Å². The topological polar surface area (TPSA) is 133 Å². The summed E-state index contributed by atoms with van der Waals surface area (Å²) in [5, 5.41) is 41.3. The molecule has 9 nitrogen and oxygen atoms in total. The molecule has 0 saturated carbocycles. The van der Waals surface area contributed by atoms with Crippen LogP contribution in [-0.4, -0.2) is 68.6 Å². The van der Waals surface area contributed by atoms with Crippen LogP contribution in [0.5, 0.6) is 11.5 Å². The second-order valence-corrected chi connectivity index (χ2v) is 9.65. The quantitative estimate of drug-likeness (QED) is 0.367. The summed E-state index contributed by atoms with van der Waals surface area (Å²) in [4.78, 5) is 18.3. The fraction of sp³-hybridized carbons (Fsp3) is 0.385. The third-order valence-electron chi connectivity index (χ3n) is 6.40. The molecular formula is C26H26ClF3N2O7. The van der Waals surface area contributed by atoms with Crippen molar-refractivity contribution in [2.24, 2.45) is 0 Å². The Balaban J connectivity index is 1.97. The lowest BCUT2D eigenvalue weighted by Gasteiger charge is -2.44. The number of hydrogen-bond acceptors (Lipinski definition) is 8. The molecule has 0 unspecified atom stereocenters. The molecule has 3 aromatic rings. The molecule has 2 heterocycles. The molecule has 1 saturated heterocycles. The standard InChI is InChI=1S/C26H26ClF3N2O7/c1-11-7-12(2)31-20-16(27)9-17(24(19(11)20)38-15-6-4-5-14(8-15)26(28,29)30)32(13(3)34)25-23(37)22(36)21(35)18(10-33)39-25/h4-9,18,21-23,25,33,35-37H,10H2,1-3H3/t18-,21+,22+,23-,25-/m1/s1. The molecule has 4 N–H and O–H groups in total. The first-order valence-electron chi connectivity index (χ1n) is 11.8. The first-order valence-corrected chi connectivity index (χ1v) is 12.2. The lowest BCUT2D eigenvalue weighted by molar-refractivity contribution is -0.228. The number of rotatable bonds is 5. The van der Waals surface area contributed by atoms with E-state index < -0.39 is 54.9 Å². The molecule has 2 aromatic carbocycles. The zero-order valence-electron chi connectivity index (χ0n) is 21.0. The number of carbonyl (C=O) groups is 1. The summed E-state index contributed by atoms with van der Waals surface area (Å²) in [6, 6.07) is 7.08. The minimum atomic E-state index is -4.65. The number of aliphatic hydroxyl groups is 4. The van der Waals surface area contributed by atoms with Crippen molar-refractivity contribution in [1.82, 2.24) is 4.98 Å². The van der Waals surface area contributed by atoms with Gasteiger partial charge in [-0.15, -0.1) is 0 Å². The van der Waals surface area contributed by atoms with E-state index in [0.29, 0.717) is 11.3 Å². The van der Waals surface area contributed by atoms with Gasteiger partial charge in [0.2, 0.25) is 5.91 Å². The van der Waals surface area contributed by atoms with E-state index in [-0.39, 0.29) is 33.1 Å². The number of aromatic nitrogens is 1. The predicted molar refractivity (Wildman–Crippen MR) is 135 cm³/mol. The third-order valence-corrected chi connectivity index (χ3v) is 6.68. The number of benzene rings is 2. The van der Waals surface area contributed by atoms with Crippen LogP contribution in [-0.2, 0) is 15.7 Å². The Morgan fingerprint density at radius 3 is 2.44 bits per heavy atom. The largest absolute Gasteiger partial charge is 0.454 e.